The molecular formula is C11H12N4O. The van der Waals surface area contributed by atoms with Crippen LogP contribution >= 0.6 is 0 Å². The first-order valence-electron chi connectivity index (χ1n) is 5.02. The maximum Gasteiger partial charge on any atom is 0.239 e. The molecule has 0 spiro atoms. The molecule has 0 aliphatic carbocycles. The highest BCUT2D eigenvalue weighted by Crippen LogP contribution is 2.24. The number of anilines is 2. The third-order valence-corrected chi connectivity index (χ3v) is 2.54. The zero-order valence-corrected chi connectivity index (χ0v) is 8.73. The van der Waals surface area contributed by atoms with Crippen molar-refractivity contribution in [3.63, 3.8) is 0 Å². The van der Waals surface area contributed by atoms with Gasteiger partial charge in [-0.25, -0.2) is 0 Å². The molecule has 16 heavy (non-hydrogen) atoms. The van der Waals surface area contributed by atoms with Crippen molar-refractivity contribution >= 4 is 17.3 Å². The first-order chi connectivity index (χ1) is 7.70. The van der Waals surface area contributed by atoms with Crippen molar-refractivity contribution in [2.45, 2.75) is 0 Å². The van der Waals surface area contributed by atoms with Crippen LogP contribution in [0.5, 0.6) is 0 Å². The number of hydrogen-bond acceptors (Lipinski definition) is 4. The summed E-state index contributed by atoms with van der Waals surface area (Å²) in [5, 5.41) is 11.5. The lowest BCUT2D eigenvalue weighted by Gasteiger charge is -2.29. The monoisotopic (exact) mass is 216 g/mol. The molecule has 1 heterocycles. The molecule has 1 amide bonds. The number of nitrogen functional groups attached to an aromatic ring is 1. The summed E-state index contributed by atoms with van der Waals surface area (Å²) in [6.07, 6.45) is 0. The lowest BCUT2D eigenvalue weighted by Crippen LogP contribution is -2.47. The van der Waals surface area contributed by atoms with Crippen molar-refractivity contribution in [2.24, 2.45) is 0 Å². The lowest BCUT2D eigenvalue weighted by molar-refractivity contribution is -0.120. The van der Waals surface area contributed by atoms with Crippen molar-refractivity contribution in [1.29, 1.82) is 5.26 Å². The number of piperazine rings is 1. The van der Waals surface area contributed by atoms with Gasteiger partial charge in [-0.3, -0.25) is 4.79 Å². The van der Waals surface area contributed by atoms with Crippen LogP contribution in [0.25, 0.3) is 0 Å². The van der Waals surface area contributed by atoms with Crippen molar-refractivity contribution in [3.05, 3.63) is 23.8 Å². The Labute approximate surface area is 93.5 Å². The summed E-state index contributed by atoms with van der Waals surface area (Å²) >= 11 is 0. The van der Waals surface area contributed by atoms with Crippen molar-refractivity contribution in [2.75, 3.05) is 30.3 Å². The zero-order chi connectivity index (χ0) is 11.5. The zero-order valence-electron chi connectivity index (χ0n) is 8.73. The fourth-order valence-corrected chi connectivity index (χ4v) is 1.76. The van der Waals surface area contributed by atoms with Gasteiger partial charge in [0.1, 0.15) is 0 Å². The quantitative estimate of drug-likeness (QED) is 0.651. The van der Waals surface area contributed by atoms with E-state index in [1.807, 2.05) is 11.0 Å². The van der Waals surface area contributed by atoms with Crippen LogP contribution in [-0.4, -0.2) is 25.5 Å². The van der Waals surface area contributed by atoms with Crippen LogP contribution in [0.3, 0.4) is 0 Å². The average Bonchev–Trinajstić information content (AvgIpc) is 2.28. The van der Waals surface area contributed by atoms with Gasteiger partial charge >= 0.3 is 0 Å². The largest absolute Gasteiger partial charge is 0.397 e. The summed E-state index contributed by atoms with van der Waals surface area (Å²) < 4.78 is 0. The van der Waals surface area contributed by atoms with E-state index >= 15 is 0 Å². The van der Waals surface area contributed by atoms with Gasteiger partial charge < -0.3 is 16.0 Å². The molecular weight excluding hydrogens is 204 g/mol. The smallest absolute Gasteiger partial charge is 0.239 e. The van der Waals surface area contributed by atoms with Gasteiger partial charge in [-0.1, -0.05) is 0 Å². The van der Waals surface area contributed by atoms with Crippen LogP contribution in [0.2, 0.25) is 0 Å². The number of nitrogens with one attached hydrogen (secondary N) is 1. The molecule has 5 heteroatoms. The van der Waals surface area contributed by atoms with Gasteiger partial charge in [0.05, 0.1) is 29.6 Å². The molecule has 82 valence electrons. The molecule has 0 unspecified atom stereocenters. The number of benzene rings is 1. The van der Waals surface area contributed by atoms with Crippen molar-refractivity contribution in [1.82, 2.24) is 5.32 Å². The van der Waals surface area contributed by atoms with Crippen LogP contribution in [0.1, 0.15) is 5.56 Å². The summed E-state index contributed by atoms with van der Waals surface area (Å²) in [6, 6.07) is 7.15. The predicted octanol–water partition coefficient (Wildman–Crippen LogP) is 0.0767. The second-order valence-electron chi connectivity index (χ2n) is 3.66. The number of hydrogen-bond donors (Lipinski definition) is 2. The summed E-state index contributed by atoms with van der Waals surface area (Å²) in [4.78, 5) is 13.1. The van der Waals surface area contributed by atoms with Crippen molar-refractivity contribution in [3.8, 4) is 6.07 Å². The Bertz CT molecular complexity index is 464. The van der Waals surface area contributed by atoms with E-state index in [0.717, 1.165) is 12.2 Å². The van der Waals surface area contributed by atoms with Gasteiger partial charge in [0.15, 0.2) is 0 Å². The first kappa shape index (κ1) is 10.3. The topological polar surface area (TPSA) is 82.2 Å². The Kier molecular flexibility index (Phi) is 2.64. The summed E-state index contributed by atoms with van der Waals surface area (Å²) in [5.74, 6) is -0.00462. The molecule has 1 aliphatic heterocycles. The molecule has 0 saturated carbocycles. The highest BCUT2D eigenvalue weighted by molar-refractivity contribution is 5.84. The maximum atomic E-state index is 11.2. The third kappa shape index (κ3) is 1.91. The predicted molar refractivity (Wildman–Crippen MR) is 60.8 cm³/mol. The molecule has 3 N–H and O–H groups in total. The third-order valence-electron chi connectivity index (χ3n) is 2.54. The molecule has 5 nitrogen and oxygen atoms in total. The average molecular weight is 216 g/mol. The van der Waals surface area contributed by atoms with E-state index in [1.165, 1.54) is 0 Å². The minimum atomic E-state index is -0.00462. The highest BCUT2D eigenvalue weighted by Gasteiger charge is 2.18. The number of nitriles is 1. The first-order valence-corrected chi connectivity index (χ1v) is 5.02. The highest BCUT2D eigenvalue weighted by atomic mass is 16.2. The van der Waals surface area contributed by atoms with Gasteiger partial charge in [-0.05, 0) is 18.2 Å². The van der Waals surface area contributed by atoms with E-state index in [0.29, 0.717) is 24.3 Å². The molecule has 0 atom stereocenters. The summed E-state index contributed by atoms with van der Waals surface area (Å²) in [6.45, 7) is 1.68. The fourth-order valence-electron chi connectivity index (χ4n) is 1.76. The van der Waals surface area contributed by atoms with Crippen LogP contribution in [-0.2, 0) is 4.79 Å². The molecule has 1 fully saturated rings. The molecule has 1 aromatic carbocycles. The van der Waals surface area contributed by atoms with E-state index < -0.39 is 0 Å². The van der Waals surface area contributed by atoms with E-state index in [9.17, 15) is 4.79 Å². The second kappa shape index (κ2) is 4.11. The summed E-state index contributed by atoms with van der Waals surface area (Å²) in [5.41, 5.74) is 7.73. The Morgan fingerprint density at radius 3 is 2.94 bits per heavy atom. The number of carbonyl (C=O) groups excluding carboxylic acids is 1. The standard InChI is InChI=1S/C11H12N4O/c12-6-8-1-2-10(9(13)5-8)15-4-3-14-11(16)7-15/h1-2,5H,3-4,7,13H2,(H,14,16). The molecule has 2 rings (SSSR count). The minimum Gasteiger partial charge on any atom is -0.397 e. The molecule has 0 aromatic heterocycles. The Hall–Kier alpha value is -2.22. The summed E-state index contributed by atoms with van der Waals surface area (Å²) in [7, 11) is 0. The lowest BCUT2D eigenvalue weighted by atomic mass is 10.1. The van der Waals surface area contributed by atoms with E-state index in [-0.39, 0.29) is 5.91 Å². The molecule has 1 aliphatic rings. The van der Waals surface area contributed by atoms with Gasteiger partial charge in [0.25, 0.3) is 0 Å². The fraction of sp³-hybridized carbons (Fsp3) is 0.273. The Balaban J connectivity index is 2.27. The number of amides is 1. The van der Waals surface area contributed by atoms with Gasteiger partial charge in [0, 0.05) is 13.1 Å². The molecule has 1 aromatic rings. The van der Waals surface area contributed by atoms with Crippen molar-refractivity contribution < 1.29 is 4.79 Å². The SMILES string of the molecule is N#Cc1ccc(N2CCNC(=O)C2)c(N)c1. The normalized spacial score (nSPS) is 15.4. The van der Waals surface area contributed by atoms with Gasteiger partial charge in [-0.2, -0.15) is 5.26 Å². The minimum absolute atomic E-state index is 0.00462. The van der Waals surface area contributed by atoms with E-state index in [4.69, 9.17) is 11.0 Å². The van der Waals surface area contributed by atoms with Crippen LogP contribution in [0, 0.1) is 11.3 Å². The number of carbonyl (C=O) groups is 1. The number of nitrogens with zero attached hydrogens (tertiary/aromatic N) is 2. The number of rotatable bonds is 1. The van der Waals surface area contributed by atoms with Crippen LogP contribution in [0.4, 0.5) is 11.4 Å². The van der Waals surface area contributed by atoms with Gasteiger partial charge in [0.2, 0.25) is 5.91 Å². The number of nitrogens with two attached hydrogens (primary N) is 1. The van der Waals surface area contributed by atoms with Gasteiger partial charge in [-0.15, -0.1) is 0 Å². The maximum absolute atomic E-state index is 11.2. The Morgan fingerprint density at radius 1 is 1.50 bits per heavy atom. The molecule has 1 saturated heterocycles. The van der Waals surface area contributed by atoms with Crippen LogP contribution in [0.15, 0.2) is 18.2 Å². The molecule has 0 radical (unpaired) electrons. The Morgan fingerprint density at radius 2 is 2.31 bits per heavy atom. The van der Waals surface area contributed by atoms with E-state index in [2.05, 4.69) is 5.32 Å². The molecule has 0 bridgehead atoms. The second-order valence-corrected chi connectivity index (χ2v) is 3.66. The van der Waals surface area contributed by atoms with E-state index in [1.54, 1.807) is 18.2 Å². The van der Waals surface area contributed by atoms with Crippen LogP contribution < -0.4 is 16.0 Å².